The highest BCUT2D eigenvalue weighted by atomic mass is 32.2. The van der Waals surface area contributed by atoms with Gasteiger partial charge in [0.15, 0.2) is 5.03 Å². The molecular formula is C8H11F2N3O2S. The first-order chi connectivity index (χ1) is 7.45. The Hall–Kier alpha value is -1.12. The molecule has 0 amide bonds. The molecule has 0 bridgehead atoms. The summed E-state index contributed by atoms with van der Waals surface area (Å²) in [5.74, 6) is 0. The molecule has 0 saturated carbocycles. The first-order valence-corrected chi connectivity index (χ1v) is 5.87. The summed E-state index contributed by atoms with van der Waals surface area (Å²) in [4.78, 5) is 3.62. The number of nitrogens with two attached hydrogens (primary N) is 1. The molecule has 0 saturated heterocycles. The van der Waals surface area contributed by atoms with Gasteiger partial charge >= 0.3 is 0 Å². The molecule has 0 fully saturated rings. The minimum absolute atomic E-state index is 0.234. The number of alkyl halides is 2. The van der Waals surface area contributed by atoms with Gasteiger partial charge in [-0.15, -0.1) is 0 Å². The molecule has 1 aromatic heterocycles. The van der Waals surface area contributed by atoms with Crippen LogP contribution >= 0.6 is 0 Å². The first-order valence-electron chi connectivity index (χ1n) is 4.38. The quantitative estimate of drug-likeness (QED) is 0.776. The molecule has 1 rings (SSSR count). The second-order valence-corrected chi connectivity index (χ2v) is 4.67. The molecule has 0 aliphatic heterocycles. The van der Waals surface area contributed by atoms with Crippen LogP contribution in [0.25, 0.3) is 0 Å². The van der Waals surface area contributed by atoms with Gasteiger partial charge in [-0.1, -0.05) is 6.07 Å². The Morgan fingerprint density at radius 1 is 1.44 bits per heavy atom. The van der Waals surface area contributed by atoms with Gasteiger partial charge in [-0.05, 0) is 11.6 Å². The Kier molecular flexibility index (Phi) is 4.27. The van der Waals surface area contributed by atoms with E-state index in [1.54, 1.807) is 4.72 Å². The summed E-state index contributed by atoms with van der Waals surface area (Å²) >= 11 is 0. The molecule has 0 spiro atoms. The average molecular weight is 251 g/mol. The molecule has 1 heterocycles. The van der Waals surface area contributed by atoms with E-state index in [1.807, 2.05) is 0 Å². The number of nitrogens with one attached hydrogen (secondary N) is 1. The number of aromatic nitrogens is 1. The highest BCUT2D eigenvalue weighted by Crippen LogP contribution is 2.06. The lowest BCUT2D eigenvalue weighted by molar-refractivity contribution is 0.153. The summed E-state index contributed by atoms with van der Waals surface area (Å²) in [5.41, 5.74) is 5.96. The van der Waals surface area contributed by atoms with E-state index in [2.05, 4.69) is 4.98 Å². The van der Waals surface area contributed by atoms with Crippen LogP contribution in [0.1, 0.15) is 5.56 Å². The van der Waals surface area contributed by atoms with E-state index in [0.29, 0.717) is 5.56 Å². The SMILES string of the molecule is NCc1ccc(S(=O)(=O)NCC(F)F)nc1. The van der Waals surface area contributed by atoms with Crippen molar-refractivity contribution in [3.05, 3.63) is 23.9 Å². The molecule has 0 unspecified atom stereocenters. The normalized spacial score (nSPS) is 12.0. The summed E-state index contributed by atoms with van der Waals surface area (Å²) < 4.78 is 48.2. The smallest absolute Gasteiger partial charge is 0.258 e. The van der Waals surface area contributed by atoms with E-state index < -0.39 is 23.0 Å². The van der Waals surface area contributed by atoms with Crippen molar-refractivity contribution in [3.8, 4) is 0 Å². The monoisotopic (exact) mass is 251 g/mol. The third-order valence-electron chi connectivity index (χ3n) is 1.74. The second-order valence-electron chi connectivity index (χ2n) is 2.95. The van der Waals surface area contributed by atoms with Crippen LogP contribution in [0, 0.1) is 0 Å². The van der Waals surface area contributed by atoms with Crippen LogP contribution in [-0.2, 0) is 16.6 Å². The Morgan fingerprint density at radius 2 is 2.12 bits per heavy atom. The fraction of sp³-hybridized carbons (Fsp3) is 0.375. The lowest BCUT2D eigenvalue weighted by Crippen LogP contribution is -2.29. The number of hydrogen-bond donors (Lipinski definition) is 2. The average Bonchev–Trinajstić information content (AvgIpc) is 2.27. The number of hydrogen-bond acceptors (Lipinski definition) is 4. The molecule has 3 N–H and O–H groups in total. The summed E-state index contributed by atoms with van der Waals surface area (Å²) in [6.07, 6.45) is -1.45. The molecule has 90 valence electrons. The summed E-state index contributed by atoms with van der Waals surface area (Å²) in [5, 5.41) is -0.301. The van der Waals surface area contributed by atoms with E-state index in [-0.39, 0.29) is 11.6 Å². The Labute approximate surface area is 91.7 Å². The Balaban J connectivity index is 2.82. The summed E-state index contributed by atoms with van der Waals surface area (Å²) in [6.45, 7) is -0.694. The van der Waals surface area contributed by atoms with Crippen molar-refractivity contribution in [3.63, 3.8) is 0 Å². The van der Waals surface area contributed by atoms with Gasteiger partial charge in [-0.2, -0.15) is 0 Å². The molecule has 0 aliphatic carbocycles. The van der Waals surface area contributed by atoms with E-state index in [0.717, 1.165) is 0 Å². The van der Waals surface area contributed by atoms with Crippen LogP contribution in [0.5, 0.6) is 0 Å². The maximum Gasteiger partial charge on any atom is 0.258 e. The topological polar surface area (TPSA) is 85.1 Å². The van der Waals surface area contributed by atoms with Crippen LogP contribution < -0.4 is 10.5 Å². The maximum atomic E-state index is 11.8. The third-order valence-corrected chi connectivity index (χ3v) is 3.08. The van der Waals surface area contributed by atoms with Crippen molar-refractivity contribution in [1.29, 1.82) is 0 Å². The van der Waals surface area contributed by atoms with Gasteiger partial charge in [0, 0.05) is 12.7 Å². The highest BCUT2D eigenvalue weighted by molar-refractivity contribution is 7.89. The molecular weight excluding hydrogens is 240 g/mol. The molecule has 0 aromatic carbocycles. The summed E-state index contributed by atoms with van der Waals surface area (Å²) in [7, 11) is -3.96. The van der Waals surface area contributed by atoms with Crippen molar-refractivity contribution in [1.82, 2.24) is 9.71 Å². The minimum atomic E-state index is -3.96. The lowest BCUT2D eigenvalue weighted by Gasteiger charge is -2.05. The van der Waals surface area contributed by atoms with Crippen LogP contribution in [0.4, 0.5) is 8.78 Å². The zero-order chi connectivity index (χ0) is 12.2. The van der Waals surface area contributed by atoms with Gasteiger partial charge < -0.3 is 5.73 Å². The van der Waals surface area contributed by atoms with E-state index >= 15 is 0 Å². The molecule has 8 heteroatoms. The van der Waals surface area contributed by atoms with Crippen molar-refractivity contribution < 1.29 is 17.2 Å². The lowest BCUT2D eigenvalue weighted by atomic mass is 10.3. The van der Waals surface area contributed by atoms with E-state index in [1.165, 1.54) is 18.3 Å². The number of rotatable bonds is 5. The Morgan fingerprint density at radius 3 is 2.56 bits per heavy atom. The molecule has 16 heavy (non-hydrogen) atoms. The second kappa shape index (κ2) is 5.28. The largest absolute Gasteiger partial charge is 0.326 e. The molecule has 0 aliphatic rings. The predicted molar refractivity (Wildman–Crippen MR) is 53.3 cm³/mol. The first kappa shape index (κ1) is 12.9. The fourth-order valence-corrected chi connectivity index (χ4v) is 1.87. The van der Waals surface area contributed by atoms with Crippen LogP contribution in [-0.4, -0.2) is 26.4 Å². The third kappa shape index (κ3) is 3.47. The van der Waals surface area contributed by atoms with Gasteiger partial charge in [-0.25, -0.2) is 26.9 Å². The van der Waals surface area contributed by atoms with Crippen molar-refractivity contribution in [2.24, 2.45) is 5.73 Å². The van der Waals surface area contributed by atoms with Gasteiger partial charge in [0.2, 0.25) is 0 Å². The van der Waals surface area contributed by atoms with Gasteiger partial charge in [0.05, 0.1) is 6.54 Å². The molecule has 5 nitrogen and oxygen atoms in total. The van der Waals surface area contributed by atoms with Gasteiger partial charge in [0.25, 0.3) is 16.4 Å². The standard InChI is InChI=1S/C8H11F2N3O2S/c9-7(10)5-13-16(14,15)8-2-1-6(3-11)4-12-8/h1-2,4,7,13H,3,5,11H2. The number of sulfonamides is 1. The zero-order valence-corrected chi connectivity index (χ0v) is 9.05. The van der Waals surface area contributed by atoms with Crippen molar-refractivity contribution >= 4 is 10.0 Å². The Bertz CT molecular complexity index is 433. The number of nitrogens with zero attached hydrogens (tertiary/aromatic N) is 1. The highest BCUT2D eigenvalue weighted by Gasteiger charge is 2.17. The van der Waals surface area contributed by atoms with Crippen molar-refractivity contribution in [2.75, 3.05) is 6.54 Å². The van der Waals surface area contributed by atoms with E-state index in [9.17, 15) is 17.2 Å². The van der Waals surface area contributed by atoms with Crippen LogP contribution in [0.2, 0.25) is 0 Å². The van der Waals surface area contributed by atoms with Gasteiger partial charge in [-0.3, -0.25) is 0 Å². The van der Waals surface area contributed by atoms with Crippen molar-refractivity contribution in [2.45, 2.75) is 18.0 Å². The minimum Gasteiger partial charge on any atom is -0.326 e. The predicted octanol–water partition coefficient (Wildman–Crippen LogP) is 0.0837. The molecule has 0 atom stereocenters. The summed E-state index contributed by atoms with van der Waals surface area (Å²) in [6, 6.07) is 2.69. The number of halogens is 2. The van der Waals surface area contributed by atoms with Gasteiger partial charge in [0.1, 0.15) is 0 Å². The van der Waals surface area contributed by atoms with Crippen LogP contribution in [0.15, 0.2) is 23.4 Å². The fourth-order valence-electron chi connectivity index (χ4n) is 0.937. The number of pyridine rings is 1. The zero-order valence-electron chi connectivity index (χ0n) is 8.23. The molecule has 0 radical (unpaired) electrons. The van der Waals surface area contributed by atoms with Crippen LogP contribution in [0.3, 0.4) is 0 Å². The molecule has 1 aromatic rings. The maximum absolute atomic E-state index is 11.8. The van der Waals surface area contributed by atoms with E-state index in [4.69, 9.17) is 5.73 Å².